The number of hydrogen-bond acceptors (Lipinski definition) is 0. The smallest absolute Gasteiger partial charge is 0.0620 e. The van der Waals surface area contributed by atoms with Gasteiger partial charge in [0.2, 0.25) is 0 Å². The molecule has 9 aromatic rings. The Morgan fingerprint density at radius 2 is 1.04 bits per heavy atom. The quantitative estimate of drug-likeness (QED) is 0.187. The van der Waals surface area contributed by atoms with Crippen molar-refractivity contribution in [2.24, 2.45) is 0 Å². The van der Waals surface area contributed by atoms with E-state index in [0.717, 1.165) is 6.42 Å². The monoisotopic (exact) mass is 597 g/mol. The zero-order valence-electron chi connectivity index (χ0n) is 26.4. The highest BCUT2D eigenvalue weighted by molar-refractivity contribution is 6.23. The van der Waals surface area contributed by atoms with Gasteiger partial charge in [0.05, 0.1) is 16.6 Å². The number of nitrogens with zero attached hydrogens (tertiary/aromatic N) is 1. The maximum atomic E-state index is 2.48. The fraction of sp³-hybridized carbons (Fsp3) is 0.0870. The Balaban J connectivity index is 1.08. The number of fused-ring (bicyclic) bond motifs is 12. The normalized spacial score (nSPS) is 14.3. The number of aromatic nitrogens is 1. The summed E-state index contributed by atoms with van der Waals surface area (Å²) < 4.78 is 2.48. The number of benzene rings is 7. The molecular formula is C46H31N. The standard InChI is InChI=1S/C46H31N/c1-46(2)41-21-18-27(28-17-20-35-37-15-8-14-36-34-11-5-6-16-43(34)47(45(36)37)44(35)26-28)23-39(41)40-25-30(19-22-42(40)46)32-12-7-13-33-31-10-4-3-9-29(31)24-38(32)33/h3-23,25-26H,24H2,1-2H3. The Morgan fingerprint density at radius 3 is 1.89 bits per heavy atom. The summed E-state index contributed by atoms with van der Waals surface area (Å²) in [5, 5.41) is 5.29. The minimum absolute atomic E-state index is 0.0498. The molecule has 0 unspecified atom stereocenters. The van der Waals surface area contributed by atoms with Gasteiger partial charge in [0, 0.05) is 27.0 Å². The molecule has 47 heavy (non-hydrogen) atoms. The molecule has 2 aliphatic carbocycles. The molecular weight excluding hydrogens is 567 g/mol. The Morgan fingerprint density at radius 1 is 0.447 bits per heavy atom. The highest BCUT2D eigenvalue weighted by atomic mass is 14.9. The van der Waals surface area contributed by atoms with Gasteiger partial charge in [-0.1, -0.05) is 129 Å². The number of hydrogen-bond donors (Lipinski definition) is 0. The SMILES string of the molecule is CC1(C)c2ccc(-c3ccc4c5cccc6c7ccccc7n(c4c3)c65)cc2-c2cc(-c3cccc4c3Cc3ccccc3-4)ccc21. The molecule has 11 rings (SSSR count). The third kappa shape index (κ3) is 3.24. The Labute approximate surface area is 273 Å². The molecule has 1 nitrogen and oxygen atoms in total. The van der Waals surface area contributed by atoms with E-state index in [1.54, 1.807) is 0 Å². The van der Waals surface area contributed by atoms with Crippen LogP contribution in [0.15, 0.2) is 140 Å². The van der Waals surface area contributed by atoms with E-state index in [4.69, 9.17) is 0 Å². The molecule has 0 N–H and O–H groups in total. The third-order valence-electron chi connectivity index (χ3n) is 11.4. The van der Waals surface area contributed by atoms with E-state index in [0.29, 0.717) is 0 Å². The van der Waals surface area contributed by atoms with Crippen molar-refractivity contribution in [3.63, 3.8) is 0 Å². The first-order valence-corrected chi connectivity index (χ1v) is 16.7. The second-order valence-corrected chi connectivity index (χ2v) is 14.1. The molecule has 1 heteroatoms. The van der Waals surface area contributed by atoms with E-state index in [1.807, 2.05) is 0 Å². The van der Waals surface area contributed by atoms with Gasteiger partial charge < -0.3 is 4.40 Å². The van der Waals surface area contributed by atoms with E-state index in [2.05, 4.69) is 158 Å². The van der Waals surface area contributed by atoms with Crippen molar-refractivity contribution in [2.75, 3.05) is 0 Å². The van der Waals surface area contributed by atoms with Gasteiger partial charge in [-0.2, -0.15) is 0 Å². The predicted molar refractivity (Wildman–Crippen MR) is 198 cm³/mol. The summed E-state index contributed by atoms with van der Waals surface area (Å²) in [4.78, 5) is 0. The van der Waals surface area contributed by atoms with Crippen LogP contribution in [0.3, 0.4) is 0 Å². The summed E-state index contributed by atoms with van der Waals surface area (Å²) in [6, 6.07) is 52.7. The van der Waals surface area contributed by atoms with Crippen LogP contribution in [0.4, 0.5) is 0 Å². The highest BCUT2D eigenvalue weighted by Gasteiger charge is 2.36. The van der Waals surface area contributed by atoms with Gasteiger partial charge in [0.15, 0.2) is 0 Å². The number of para-hydroxylation sites is 2. The summed E-state index contributed by atoms with van der Waals surface area (Å²) in [7, 11) is 0. The average Bonchev–Trinajstić information content (AvgIpc) is 3.82. The molecule has 0 spiro atoms. The molecule has 0 amide bonds. The minimum Gasteiger partial charge on any atom is -0.308 e. The van der Waals surface area contributed by atoms with Gasteiger partial charge in [-0.3, -0.25) is 0 Å². The Hall–Kier alpha value is -5.66. The van der Waals surface area contributed by atoms with E-state index < -0.39 is 0 Å². The summed E-state index contributed by atoms with van der Waals surface area (Å²) in [6.07, 6.45) is 0.996. The average molecular weight is 598 g/mol. The van der Waals surface area contributed by atoms with Crippen molar-refractivity contribution >= 4 is 38.1 Å². The Bertz CT molecular complexity index is 2790. The Kier molecular flexibility index (Phi) is 4.77. The summed E-state index contributed by atoms with van der Waals surface area (Å²) >= 11 is 0. The van der Waals surface area contributed by atoms with E-state index in [1.165, 1.54) is 105 Å². The molecule has 0 bridgehead atoms. The molecule has 0 saturated heterocycles. The molecule has 0 saturated carbocycles. The summed E-state index contributed by atoms with van der Waals surface area (Å²) in [6.45, 7) is 4.76. The van der Waals surface area contributed by atoms with Crippen molar-refractivity contribution in [3.05, 3.63) is 162 Å². The van der Waals surface area contributed by atoms with Crippen LogP contribution in [0.25, 0.3) is 82.6 Å². The zero-order valence-corrected chi connectivity index (χ0v) is 26.4. The molecule has 220 valence electrons. The van der Waals surface area contributed by atoms with Crippen molar-refractivity contribution in [3.8, 4) is 44.5 Å². The van der Waals surface area contributed by atoms with Gasteiger partial charge in [-0.05, 0) is 97.4 Å². The lowest BCUT2D eigenvalue weighted by atomic mass is 9.81. The first-order chi connectivity index (χ1) is 23.1. The van der Waals surface area contributed by atoms with Crippen LogP contribution in [0, 0.1) is 0 Å². The van der Waals surface area contributed by atoms with Gasteiger partial charge in [-0.25, -0.2) is 0 Å². The predicted octanol–water partition coefficient (Wildman–Crippen LogP) is 12.0. The maximum Gasteiger partial charge on any atom is 0.0620 e. The van der Waals surface area contributed by atoms with Crippen LogP contribution in [-0.4, -0.2) is 4.40 Å². The fourth-order valence-electron chi connectivity index (χ4n) is 9.15. The van der Waals surface area contributed by atoms with Gasteiger partial charge in [0.1, 0.15) is 0 Å². The zero-order chi connectivity index (χ0) is 31.0. The molecule has 2 aromatic heterocycles. The maximum absolute atomic E-state index is 2.48. The van der Waals surface area contributed by atoms with Gasteiger partial charge in [0.25, 0.3) is 0 Å². The lowest BCUT2D eigenvalue weighted by molar-refractivity contribution is 0.660. The molecule has 0 radical (unpaired) electrons. The summed E-state index contributed by atoms with van der Waals surface area (Å²) in [5.74, 6) is 0. The first kappa shape index (κ1) is 25.5. The lowest BCUT2D eigenvalue weighted by Crippen LogP contribution is -2.14. The van der Waals surface area contributed by atoms with Crippen LogP contribution < -0.4 is 0 Å². The first-order valence-electron chi connectivity index (χ1n) is 16.7. The molecule has 7 aromatic carbocycles. The van der Waals surface area contributed by atoms with E-state index >= 15 is 0 Å². The second-order valence-electron chi connectivity index (χ2n) is 14.1. The molecule has 2 heterocycles. The van der Waals surface area contributed by atoms with Crippen LogP contribution in [-0.2, 0) is 11.8 Å². The minimum atomic E-state index is -0.0498. The summed E-state index contributed by atoms with van der Waals surface area (Å²) in [5.41, 5.74) is 20.2. The highest BCUT2D eigenvalue weighted by Crippen LogP contribution is 2.52. The van der Waals surface area contributed by atoms with Crippen LogP contribution in [0.2, 0.25) is 0 Å². The van der Waals surface area contributed by atoms with Crippen LogP contribution >= 0.6 is 0 Å². The molecule has 0 fully saturated rings. The van der Waals surface area contributed by atoms with Crippen LogP contribution in [0.1, 0.15) is 36.1 Å². The lowest BCUT2D eigenvalue weighted by Gasteiger charge is -2.22. The van der Waals surface area contributed by atoms with Gasteiger partial charge >= 0.3 is 0 Å². The molecule has 2 aliphatic rings. The molecule has 0 atom stereocenters. The van der Waals surface area contributed by atoms with Crippen molar-refractivity contribution in [1.82, 2.24) is 4.40 Å². The topological polar surface area (TPSA) is 4.41 Å². The van der Waals surface area contributed by atoms with E-state index in [-0.39, 0.29) is 5.41 Å². The number of rotatable bonds is 2. The fourth-order valence-corrected chi connectivity index (χ4v) is 9.15. The van der Waals surface area contributed by atoms with Crippen LogP contribution in [0.5, 0.6) is 0 Å². The van der Waals surface area contributed by atoms with Crippen molar-refractivity contribution in [1.29, 1.82) is 0 Å². The van der Waals surface area contributed by atoms with Gasteiger partial charge in [-0.15, -0.1) is 0 Å². The second kappa shape index (κ2) is 8.78. The largest absolute Gasteiger partial charge is 0.308 e. The third-order valence-corrected chi connectivity index (χ3v) is 11.4. The molecule has 0 aliphatic heterocycles. The van der Waals surface area contributed by atoms with Crippen molar-refractivity contribution < 1.29 is 0 Å². The van der Waals surface area contributed by atoms with E-state index in [9.17, 15) is 0 Å². The van der Waals surface area contributed by atoms with Crippen molar-refractivity contribution in [2.45, 2.75) is 25.7 Å².